The van der Waals surface area contributed by atoms with Crippen LogP contribution in [-0.2, 0) is 11.2 Å². The van der Waals surface area contributed by atoms with Crippen molar-refractivity contribution in [2.75, 3.05) is 6.54 Å². The molecule has 21 heavy (non-hydrogen) atoms. The molecule has 2 atom stereocenters. The lowest BCUT2D eigenvalue weighted by Crippen LogP contribution is -2.45. The average molecular weight is 293 g/mol. The fourth-order valence-electron chi connectivity index (χ4n) is 2.01. The largest absolute Gasteiger partial charge is 0.444 e. The molecule has 1 amide bonds. The van der Waals surface area contributed by atoms with Crippen LogP contribution in [0.1, 0.15) is 40.2 Å². The monoisotopic (exact) mass is 293 g/mol. The van der Waals surface area contributed by atoms with Crippen molar-refractivity contribution in [3.05, 3.63) is 35.9 Å². The Kier molecular flexibility index (Phi) is 5.78. The summed E-state index contributed by atoms with van der Waals surface area (Å²) in [5.41, 5.74) is 0.162. The van der Waals surface area contributed by atoms with Crippen LogP contribution in [0.5, 0.6) is 0 Å². The second-order valence-corrected chi connectivity index (χ2v) is 6.85. The summed E-state index contributed by atoms with van der Waals surface area (Å²) in [6.45, 7) is 9.54. The summed E-state index contributed by atoms with van der Waals surface area (Å²) < 4.78 is 5.23. The van der Waals surface area contributed by atoms with Gasteiger partial charge >= 0.3 is 6.09 Å². The number of alkyl carbamates (subject to hydrolysis) is 1. The van der Waals surface area contributed by atoms with Crippen LogP contribution in [0.25, 0.3) is 0 Å². The van der Waals surface area contributed by atoms with E-state index in [1.165, 1.54) is 0 Å². The maximum atomic E-state index is 11.8. The Morgan fingerprint density at radius 2 is 1.81 bits per heavy atom. The minimum atomic E-state index is -0.548. The molecule has 0 saturated heterocycles. The van der Waals surface area contributed by atoms with Crippen molar-refractivity contribution in [3.8, 4) is 0 Å². The number of hydrogen-bond acceptors (Lipinski definition) is 3. The van der Waals surface area contributed by atoms with Gasteiger partial charge in [-0.2, -0.15) is 0 Å². The maximum Gasteiger partial charge on any atom is 0.407 e. The number of carbonyl (C=O) groups excluding carboxylic acids is 1. The Bertz CT molecular complexity index is 451. The highest BCUT2D eigenvalue weighted by Gasteiger charge is 2.31. The van der Waals surface area contributed by atoms with Gasteiger partial charge in [-0.15, -0.1) is 0 Å². The van der Waals surface area contributed by atoms with E-state index in [0.29, 0.717) is 13.0 Å². The minimum Gasteiger partial charge on any atom is -0.444 e. The molecule has 2 N–H and O–H groups in total. The van der Waals surface area contributed by atoms with Gasteiger partial charge in [-0.25, -0.2) is 4.79 Å². The van der Waals surface area contributed by atoms with E-state index in [0.717, 1.165) is 5.56 Å². The highest BCUT2D eigenvalue weighted by atomic mass is 16.6. The maximum absolute atomic E-state index is 11.8. The topological polar surface area (TPSA) is 58.6 Å². The molecule has 118 valence electrons. The zero-order chi connectivity index (χ0) is 16.1. The van der Waals surface area contributed by atoms with Crippen LogP contribution in [0, 0.1) is 5.41 Å². The number of carbonyl (C=O) groups is 1. The van der Waals surface area contributed by atoms with E-state index in [9.17, 15) is 9.90 Å². The molecule has 4 nitrogen and oxygen atoms in total. The molecule has 0 bridgehead atoms. The molecule has 0 aliphatic carbocycles. The SMILES string of the molecule is CC(O)C(C)(CNC(=O)OC(C)(C)C)Cc1ccccc1. The predicted molar refractivity (Wildman–Crippen MR) is 84.2 cm³/mol. The Hall–Kier alpha value is -1.55. The minimum absolute atomic E-state index is 0.356. The lowest BCUT2D eigenvalue weighted by molar-refractivity contribution is 0.0336. The molecule has 0 radical (unpaired) electrons. The summed E-state index contributed by atoms with van der Waals surface area (Å²) in [7, 11) is 0. The van der Waals surface area contributed by atoms with Crippen molar-refractivity contribution in [2.45, 2.75) is 52.7 Å². The summed E-state index contributed by atoms with van der Waals surface area (Å²) in [5.74, 6) is 0. The van der Waals surface area contributed by atoms with Gasteiger partial charge in [-0.3, -0.25) is 0 Å². The lowest BCUT2D eigenvalue weighted by Gasteiger charge is -2.33. The van der Waals surface area contributed by atoms with Crippen LogP contribution in [0.15, 0.2) is 30.3 Å². The lowest BCUT2D eigenvalue weighted by atomic mass is 9.79. The summed E-state index contributed by atoms with van der Waals surface area (Å²) in [6.07, 6.45) is -0.323. The molecule has 2 unspecified atom stereocenters. The quantitative estimate of drug-likeness (QED) is 0.877. The number of hydrogen-bond donors (Lipinski definition) is 2. The van der Waals surface area contributed by atoms with E-state index >= 15 is 0 Å². The zero-order valence-corrected chi connectivity index (χ0v) is 13.6. The van der Waals surface area contributed by atoms with E-state index in [1.54, 1.807) is 6.92 Å². The predicted octanol–water partition coefficient (Wildman–Crippen LogP) is 3.14. The number of ether oxygens (including phenoxy) is 1. The Morgan fingerprint density at radius 1 is 1.24 bits per heavy atom. The molecule has 1 rings (SSSR count). The van der Waals surface area contributed by atoms with E-state index in [2.05, 4.69) is 5.32 Å². The van der Waals surface area contributed by atoms with E-state index in [4.69, 9.17) is 4.74 Å². The van der Waals surface area contributed by atoms with Gasteiger partial charge < -0.3 is 15.2 Å². The van der Waals surface area contributed by atoms with Gasteiger partial charge in [0.15, 0.2) is 0 Å². The first-order valence-corrected chi connectivity index (χ1v) is 7.31. The summed E-state index contributed by atoms with van der Waals surface area (Å²) in [4.78, 5) is 11.8. The van der Waals surface area contributed by atoms with Crippen LogP contribution in [0.3, 0.4) is 0 Å². The van der Waals surface area contributed by atoms with Crippen LogP contribution >= 0.6 is 0 Å². The number of rotatable bonds is 5. The van der Waals surface area contributed by atoms with Crippen molar-refractivity contribution in [2.24, 2.45) is 5.41 Å². The highest BCUT2D eigenvalue weighted by Crippen LogP contribution is 2.26. The number of nitrogens with one attached hydrogen (secondary N) is 1. The van der Waals surface area contributed by atoms with Gasteiger partial charge in [0.25, 0.3) is 0 Å². The molecule has 0 spiro atoms. The Balaban J connectivity index is 2.67. The fraction of sp³-hybridized carbons (Fsp3) is 0.588. The molecule has 1 aromatic rings. The van der Waals surface area contributed by atoms with Gasteiger partial charge in [0, 0.05) is 12.0 Å². The van der Waals surface area contributed by atoms with E-state index in [-0.39, 0.29) is 0 Å². The van der Waals surface area contributed by atoms with Crippen LogP contribution < -0.4 is 5.32 Å². The second-order valence-electron chi connectivity index (χ2n) is 6.85. The third-order valence-electron chi connectivity index (χ3n) is 3.49. The standard InChI is InChI=1S/C17H27NO3/c1-13(19)17(5,11-14-9-7-6-8-10-14)12-18-15(20)21-16(2,3)4/h6-10,13,19H,11-12H2,1-5H3,(H,18,20). The van der Waals surface area contributed by atoms with Crippen molar-refractivity contribution < 1.29 is 14.6 Å². The van der Waals surface area contributed by atoms with Crippen LogP contribution in [-0.4, -0.2) is 29.4 Å². The van der Waals surface area contributed by atoms with Gasteiger partial charge in [0.1, 0.15) is 5.60 Å². The van der Waals surface area contributed by atoms with Gasteiger partial charge in [-0.1, -0.05) is 37.3 Å². The van der Waals surface area contributed by atoms with Crippen LogP contribution in [0.2, 0.25) is 0 Å². The van der Waals surface area contributed by atoms with Crippen molar-refractivity contribution in [1.82, 2.24) is 5.32 Å². The van der Waals surface area contributed by atoms with E-state index in [1.807, 2.05) is 58.0 Å². The molecular weight excluding hydrogens is 266 g/mol. The van der Waals surface area contributed by atoms with Crippen molar-refractivity contribution in [3.63, 3.8) is 0 Å². The normalized spacial score (nSPS) is 15.9. The summed E-state index contributed by atoms with van der Waals surface area (Å²) in [6, 6.07) is 9.95. The first kappa shape index (κ1) is 17.5. The van der Waals surface area contributed by atoms with Crippen molar-refractivity contribution in [1.29, 1.82) is 0 Å². The number of amides is 1. The smallest absolute Gasteiger partial charge is 0.407 e. The molecule has 0 fully saturated rings. The molecule has 0 aliphatic rings. The highest BCUT2D eigenvalue weighted by molar-refractivity contribution is 5.67. The molecule has 0 aromatic heterocycles. The molecule has 0 aliphatic heterocycles. The first-order chi connectivity index (χ1) is 9.62. The zero-order valence-electron chi connectivity index (χ0n) is 13.6. The van der Waals surface area contributed by atoms with E-state index < -0.39 is 23.2 Å². The summed E-state index contributed by atoms with van der Waals surface area (Å²) >= 11 is 0. The number of aliphatic hydroxyl groups excluding tert-OH is 1. The second kappa shape index (κ2) is 6.94. The fourth-order valence-corrected chi connectivity index (χ4v) is 2.01. The molecule has 4 heteroatoms. The Labute approximate surface area is 127 Å². The average Bonchev–Trinajstić information content (AvgIpc) is 2.35. The number of aliphatic hydroxyl groups is 1. The first-order valence-electron chi connectivity index (χ1n) is 7.31. The van der Waals surface area contributed by atoms with Crippen LogP contribution in [0.4, 0.5) is 4.79 Å². The number of benzene rings is 1. The summed E-state index contributed by atoms with van der Waals surface area (Å²) in [5, 5.41) is 12.8. The molecule has 0 saturated carbocycles. The van der Waals surface area contributed by atoms with Gasteiger partial charge in [0.2, 0.25) is 0 Å². The molecular formula is C17H27NO3. The van der Waals surface area contributed by atoms with Crippen molar-refractivity contribution >= 4 is 6.09 Å². The van der Waals surface area contributed by atoms with Gasteiger partial charge in [-0.05, 0) is 39.7 Å². The third-order valence-corrected chi connectivity index (χ3v) is 3.49. The molecule has 0 heterocycles. The van der Waals surface area contributed by atoms with Gasteiger partial charge in [0.05, 0.1) is 6.10 Å². The third kappa shape index (κ3) is 6.17. The Morgan fingerprint density at radius 3 is 2.29 bits per heavy atom. The molecule has 1 aromatic carbocycles.